The van der Waals surface area contributed by atoms with E-state index in [4.69, 9.17) is 4.74 Å². The summed E-state index contributed by atoms with van der Waals surface area (Å²) in [7, 11) is 0. The van der Waals surface area contributed by atoms with Gasteiger partial charge in [-0.05, 0) is 82.9 Å². The van der Waals surface area contributed by atoms with E-state index < -0.39 is 0 Å². The zero-order valence-corrected chi connectivity index (χ0v) is 19.2. The summed E-state index contributed by atoms with van der Waals surface area (Å²) in [6.07, 6.45) is 0. The zero-order valence-electron chi connectivity index (χ0n) is 19.2. The van der Waals surface area contributed by atoms with E-state index in [-0.39, 0.29) is 28.9 Å². The van der Waals surface area contributed by atoms with Crippen LogP contribution in [0.2, 0.25) is 0 Å². The fourth-order valence-corrected chi connectivity index (χ4v) is 4.24. The summed E-state index contributed by atoms with van der Waals surface area (Å²) in [5.41, 5.74) is 4.62. The molecule has 0 amide bonds. The van der Waals surface area contributed by atoms with Crippen molar-refractivity contribution >= 4 is 0 Å². The number of phenolic OH excluding ortho intramolecular Hbond substituents is 4. The number of hydrogen-bond donors (Lipinski definition) is 4. The molecule has 0 atom stereocenters. The predicted molar refractivity (Wildman–Crippen MR) is 139 cm³/mol. The average Bonchev–Trinajstić information content (AvgIpc) is 2.88. The Hall–Kier alpha value is -4.90. The van der Waals surface area contributed by atoms with Gasteiger partial charge in [0.25, 0.3) is 0 Å². The molecule has 0 radical (unpaired) electrons. The average molecular weight is 477 g/mol. The van der Waals surface area contributed by atoms with Gasteiger partial charge in [-0.3, -0.25) is 0 Å². The SMILES string of the molecule is Oc1ccc(-c2ccc(O)cc2Oc2ccc(C(c3ccc(O)cc3)c3ccc(O)cc3)cc2)cc1. The van der Waals surface area contributed by atoms with Crippen LogP contribution >= 0.6 is 0 Å². The molecule has 0 aromatic heterocycles. The molecule has 5 rings (SSSR count). The molecule has 0 heterocycles. The van der Waals surface area contributed by atoms with E-state index in [1.165, 1.54) is 0 Å². The van der Waals surface area contributed by atoms with Gasteiger partial charge >= 0.3 is 0 Å². The summed E-state index contributed by atoms with van der Waals surface area (Å²) in [5.74, 6) is 1.62. The van der Waals surface area contributed by atoms with Gasteiger partial charge in [0, 0.05) is 17.5 Å². The molecule has 0 saturated heterocycles. The summed E-state index contributed by atoms with van der Waals surface area (Å²) < 4.78 is 6.16. The number of benzene rings is 5. The number of ether oxygens (including phenoxy) is 1. The largest absolute Gasteiger partial charge is 0.508 e. The maximum absolute atomic E-state index is 10.1. The van der Waals surface area contributed by atoms with Gasteiger partial charge in [0.2, 0.25) is 0 Å². The summed E-state index contributed by atoms with van der Waals surface area (Å²) in [4.78, 5) is 0. The van der Waals surface area contributed by atoms with E-state index in [1.807, 2.05) is 48.5 Å². The van der Waals surface area contributed by atoms with Crippen LogP contribution in [-0.2, 0) is 0 Å². The minimum absolute atomic E-state index is 0.0869. The van der Waals surface area contributed by atoms with E-state index >= 15 is 0 Å². The Labute approximate surface area is 208 Å². The number of hydrogen-bond acceptors (Lipinski definition) is 5. The molecule has 5 heteroatoms. The molecule has 5 aromatic rings. The second kappa shape index (κ2) is 9.76. The number of phenols is 4. The minimum atomic E-state index is -0.117. The van der Waals surface area contributed by atoms with Gasteiger partial charge < -0.3 is 25.2 Å². The Morgan fingerprint density at radius 1 is 0.444 bits per heavy atom. The van der Waals surface area contributed by atoms with Crippen LogP contribution in [0, 0.1) is 0 Å². The van der Waals surface area contributed by atoms with Crippen molar-refractivity contribution < 1.29 is 25.2 Å². The van der Waals surface area contributed by atoms with Gasteiger partial charge in [-0.25, -0.2) is 0 Å². The first kappa shape index (κ1) is 22.9. The highest BCUT2D eigenvalue weighted by Gasteiger charge is 2.18. The van der Waals surface area contributed by atoms with Crippen LogP contribution in [0.5, 0.6) is 34.5 Å². The van der Waals surface area contributed by atoms with Gasteiger partial charge in [0.1, 0.15) is 34.5 Å². The van der Waals surface area contributed by atoms with Crippen LogP contribution in [0.4, 0.5) is 0 Å². The highest BCUT2D eigenvalue weighted by atomic mass is 16.5. The van der Waals surface area contributed by atoms with Gasteiger partial charge in [-0.1, -0.05) is 48.5 Å². The lowest BCUT2D eigenvalue weighted by molar-refractivity contribution is 0.456. The molecule has 178 valence electrons. The molecule has 36 heavy (non-hydrogen) atoms. The normalized spacial score (nSPS) is 10.9. The number of aromatic hydroxyl groups is 4. The van der Waals surface area contributed by atoms with Gasteiger partial charge in [-0.2, -0.15) is 0 Å². The molecule has 0 unspecified atom stereocenters. The smallest absolute Gasteiger partial charge is 0.138 e. The van der Waals surface area contributed by atoms with Crippen molar-refractivity contribution in [1.29, 1.82) is 0 Å². The van der Waals surface area contributed by atoms with Crippen molar-refractivity contribution in [2.75, 3.05) is 0 Å². The van der Waals surface area contributed by atoms with Gasteiger partial charge in [-0.15, -0.1) is 0 Å². The van der Waals surface area contributed by atoms with Crippen molar-refractivity contribution in [3.05, 3.63) is 132 Å². The molecule has 5 aromatic carbocycles. The number of rotatable bonds is 6. The van der Waals surface area contributed by atoms with E-state index in [1.54, 1.807) is 66.7 Å². The first-order valence-corrected chi connectivity index (χ1v) is 11.4. The Kier molecular flexibility index (Phi) is 6.20. The predicted octanol–water partition coefficient (Wildman–Crippen LogP) is 7.15. The molecular weight excluding hydrogens is 452 g/mol. The lowest BCUT2D eigenvalue weighted by atomic mass is 9.85. The topological polar surface area (TPSA) is 90.2 Å². The second-order valence-electron chi connectivity index (χ2n) is 8.51. The molecule has 0 spiro atoms. The highest BCUT2D eigenvalue weighted by Crippen LogP contribution is 2.38. The second-order valence-corrected chi connectivity index (χ2v) is 8.51. The molecular formula is C31H24O5. The molecule has 0 aliphatic carbocycles. The Morgan fingerprint density at radius 3 is 1.36 bits per heavy atom. The Balaban J connectivity index is 1.48. The Morgan fingerprint density at radius 2 is 0.861 bits per heavy atom. The third kappa shape index (κ3) is 4.95. The molecule has 0 aliphatic rings. The van der Waals surface area contributed by atoms with Crippen LogP contribution in [0.1, 0.15) is 22.6 Å². The van der Waals surface area contributed by atoms with Crippen molar-refractivity contribution in [1.82, 2.24) is 0 Å². The van der Waals surface area contributed by atoms with Crippen LogP contribution in [0.15, 0.2) is 115 Å². The fourth-order valence-electron chi connectivity index (χ4n) is 4.24. The fraction of sp³-hybridized carbons (Fsp3) is 0.0323. The highest BCUT2D eigenvalue weighted by molar-refractivity contribution is 5.72. The summed E-state index contributed by atoms with van der Waals surface area (Å²) in [6, 6.07) is 33.6. The van der Waals surface area contributed by atoms with E-state index in [0.717, 1.165) is 27.8 Å². The lowest BCUT2D eigenvalue weighted by Crippen LogP contribution is -2.03. The van der Waals surface area contributed by atoms with E-state index in [0.29, 0.717) is 11.5 Å². The molecule has 4 N–H and O–H groups in total. The maximum atomic E-state index is 10.1. The molecule has 0 aliphatic heterocycles. The van der Waals surface area contributed by atoms with E-state index in [9.17, 15) is 20.4 Å². The van der Waals surface area contributed by atoms with Crippen molar-refractivity contribution in [2.45, 2.75) is 5.92 Å². The Bertz CT molecular complexity index is 1410. The van der Waals surface area contributed by atoms with Crippen molar-refractivity contribution in [3.63, 3.8) is 0 Å². The third-order valence-electron chi connectivity index (χ3n) is 6.04. The summed E-state index contributed by atoms with van der Waals surface area (Å²) >= 11 is 0. The van der Waals surface area contributed by atoms with Crippen molar-refractivity contribution in [3.8, 4) is 45.6 Å². The van der Waals surface area contributed by atoms with Crippen molar-refractivity contribution in [2.24, 2.45) is 0 Å². The lowest BCUT2D eigenvalue weighted by Gasteiger charge is -2.20. The van der Waals surface area contributed by atoms with E-state index in [2.05, 4.69) is 0 Å². The standard InChI is InChI=1S/C31H24O5/c32-24-9-1-20(2-10-24)29-18-15-27(35)19-30(29)36-28-16-7-23(8-17-28)31(21-3-11-25(33)12-4-21)22-5-13-26(34)14-6-22/h1-19,31-35H. The van der Waals surface area contributed by atoms with Crippen LogP contribution in [0.25, 0.3) is 11.1 Å². The minimum Gasteiger partial charge on any atom is -0.508 e. The summed E-state index contributed by atoms with van der Waals surface area (Å²) in [6.45, 7) is 0. The monoisotopic (exact) mass is 476 g/mol. The van der Waals surface area contributed by atoms with Crippen LogP contribution < -0.4 is 4.74 Å². The quantitative estimate of drug-likeness (QED) is 0.195. The van der Waals surface area contributed by atoms with Crippen LogP contribution in [0.3, 0.4) is 0 Å². The van der Waals surface area contributed by atoms with Gasteiger partial charge in [0.05, 0.1) is 0 Å². The first-order chi connectivity index (χ1) is 17.5. The third-order valence-corrected chi connectivity index (χ3v) is 6.04. The molecule has 0 saturated carbocycles. The van der Waals surface area contributed by atoms with Gasteiger partial charge in [0.15, 0.2) is 0 Å². The maximum Gasteiger partial charge on any atom is 0.138 e. The molecule has 5 nitrogen and oxygen atoms in total. The summed E-state index contributed by atoms with van der Waals surface area (Å²) in [5, 5.41) is 39.2. The zero-order chi connectivity index (χ0) is 25.1. The molecule has 0 bridgehead atoms. The first-order valence-electron chi connectivity index (χ1n) is 11.4. The molecule has 0 fully saturated rings. The van der Waals surface area contributed by atoms with Crippen LogP contribution in [-0.4, -0.2) is 20.4 Å².